The number of nitrogens with one attached hydrogen (secondary N) is 1. The fraction of sp³-hybridized carbons (Fsp3) is 0.455. The van der Waals surface area contributed by atoms with Crippen LogP contribution in [-0.4, -0.2) is 23.9 Å². The van der Waals surface area contributed by atoms with Crippen molar-refractivity contribution in [2.75, 3.05) is 11.9 Å². The van der Waals surface area contributed by atoms with Crippen LogP contribution in [0.5, 0.6) is 0 Å². The van der Waals surface area contributed by atoms with Crippen molar-refractivity contribution in [3.05, 3.63) is 27.7 Å². The molecule has 0 aromatic heterocycles. The maximum absolute atomic E-state index is 9.74. The Morgan fingerprint density at radius 2 is 2.19 bits per heavy atom. The molecule has 1 fully saturated rings. The summed E-state index contributed by atoms with van der Waals surface area (Å²) in [5.41, 5.74) is 1.83. The molecule has 2 aliphatic rings. The van der Waals surface area contributed by atoms with Crippen molar-refractivity contribution in [2.24, 2.45) is 0 Å². The molecule has 3 nitrogen and oxygen atoms in total. The molecule has 0 unspecified atom stereocenters. The zero-order valence-corrected chi connectivity index (χ0v) is 9.92. The largest absolute Gasteiger partial charge is 0.389 e. The highest BCUT2D eigenvalue weighted by atomic mass is 35.5. The van der Waals surface area contributed by atoms with Crippen LogP contribution in [-0.2, 0) is 4.74 Å². The minimum absolute atomic E-state index is 0.0131. The highest BCUT2D eigenvalue weighted by Crippen LogP contribution is 2.43. The molecule has 2 bridgehead atoms. The second kappa shape index (κ2) is 3.77. The number of benzene rings is 1. The third kappa shape index (κ3) is 1.59. The van der Waals surface area contributed by atoms with Crippen molar-refractivity contribution in [3.63, 3.8) is 0 Å². The van der Waals surface area contributed by atoms with E-state index in [0.29, 0.717) is 16.7 Å². The van der Waals surface area contributed by atoms with Crippen LogP contribution in [0, 0.1) is 0 Å². The summed E-state index contributed by atoms with van der Waals surface area (Å²) < 4.78 is 5.59. The molecule has 2 N–H and O–H groups in total. The first kappa shape index (κ1) is 10.7. The molecule has 0 spiro atoms. The van der Waals surface area contributed by atoms with E-state index in [1.807, 2.05) is 6.07 Å². The highest BCUT2D eigenvalue weighted by Gasteiger charge is 2.37. The number of aliphatic hydroxyl groups is 1. The van der Waals surface area contributed by atoms with Gasteiger partial charge in [0.2, 0.25) is 0 Å². The molecule has 86 valence electrons. The number of anilines is 1. The van der Waals surface area contributed by atoms with Gasteiger partial charge in [0, 0.05) is 17.0 Å². The van der Waals surface area contributed by atoms with Crippen molar-refractivity contribution >= 4 is 28.9 Å². The molecule has 1 aromatic rings. The van der Waals surface area contributed by atoms with E-state index in [2.05, 4.69) is 5.32 Å². The van der Waals surface area contributed by atoms with E-state index >= 15 is 0 Å². The lowest BCUT2D eigenvalue weighted by atomic mass is 9.90. The zero-order valence-electron chi connectivity index (χ0n) is 8.41. The fourth-order valence-corrected chi connectivity index (χ4v) is 2.91. The Balaban J connectivity index is 2.09. The van der Waals surface area contributed by atoms with Gasteiger partial charge in [-0.25, -0.2) is 0 Å². The van der Waals surface area contributed by atoms with Crippen molar-refractivity contribution in [1.29, 1.82) is 0 Å². The molecule has 1 saturated heterocycles. The monoisotopic (exact) mass is 259 g/mol. The molecule has 2 heterocycles. The maximum atomic E-state index is 9.74. The minimum atomic E-state index is -0.476. The topological polar surface area (TPSA) is 41.5 Å². The normalized spacial score (nSPS) is 31.8. The first-order valence-electron chi connectivity index (χ1n) is 5.20. The number of halogens is 2. The number of rotatable bonds is 0. The summed E-state index contributed by atoms with van der Waals surface area (Å²) in [6, 6.07) is 3.58. The van der Waals surface area contributed by atoms with Crippen LogP contribution in [0.2, 0.25) is 10.0 Å². The van der Waals surface area contributed by atoms with E-state index in [0.717, 1.165) is 17.7 Å². The lowest BCUT2D eigenvalue weighted by molar-refractivity contribution is -0.0672. The predicted molar refractivity (Wildman–Crippen MR) is 63.2 cm³/mol. The zero-order chi connectivity index (χ0) is 11.3. The average Bonchev–Trinajstić information content (AvgIpc) is 2.25. The summed E-state index contributed by atoms with van der Waals surface area (Å²) in [4.78, 5) is 0. The molecule has 2 aliphatic heterocycles. The van der Waals surface area contributed by atoms with Gasteiger partial charge in [-0.1, -0.05) is 23.2 Å². The highest BCUT2D eigenvalue weighted by molar-refractivity contribution is 6.36. The van der Waals surface area contributed by atoms with Crippen LogP contribution >= 0.6 is 23.2 Å². The van der Waals surface area contributed by atoms with E-state index in [-0.39, 0.29) is 12.1 Å². The Hall–Kier alpha value is -0.480. The third-order valence-corrected chi connectivity index (χ3v) is 3.68. The van der Waals surface area contributed by atoms with Crippen molar-refractivity contribution in [3.8, 4) is 0 Å². The molecule has 16 heavy (non-hydrogen) atoms. The summed E-state index contributed by atoms with van der Waals surface area (Å²) in [5, 5.41) is 14.2. The van der Waals surface area contributed by atoms with Crippen LogP contribution in [0.3, 0.4) is 0 Å². The van der Waals surface area contributed by atoms with Crippen molar-refractivity contribution in [2.45, 2.75) is 24.7 Å². The first-order chi connectivity index (χ1) is 7.65. The SMILES string of the molecule is O[C@H]1CO[C@@H]2C[C@H]1Nc1c(Cl)cc(Cl)cc12. The average molecular weight is 260 g/mol. The van der Waals surface area contributed by atoms with Gasteiger partial charge in [0.05, 0.1) is 35.6 Å². The molecular formula is C11H11Cl2NO2. The number of ether oxygens (including phenoxy) is 1. The molecule has 3 atom stereocenters. The number of fused-ring (bicyclic) bond motifs is 4. The van der Waals surface area contributed by atoms with Crippen LogP contribution in [0.15, 0.2) is 12.1 Å². The van der Waals surface area contributed by atoms with Gasteiger partial charge in [-0.05, 0) is 12.1 Å². The Morgan fingerprint density at radius 3 is 3.00 bits per heavy atom. The van der Waals surface area contributed by atoms with Gasteiger partial charge in [-0.3, -0.25) is 0 Å². The molecule has 0 radical (unpaired) electrons. The van der Waals surface area contributed by atoms with E-state index in [4.69, 9.17) is 27.9 Å². The van der Waals surface area contributed by atoms with Crippen LogP contribution < -0.4 is 5.32 Å². The number of hydrogen-bond acceptors (Lipinski definition) is 3. The van der Waals surface area contributed by atoms with E-state index in [1.165, 1.54) is 0 Å². The van der Waals surface area contributed by atoms with E-state index in [9.17, 15) is 5.11 Å². The van der Waals surface area contributed by atoms with E-state index in [1.54, 1.807) is 6.07 Å². The fourth-order valence-electron chi connectivity index (χ4n) is 2.34. The molecule has 3 rings (SSSR count). The molecule has 0 aliphatic carbocycles. The van der Waals surface area contributed by atoms with Crippen LogP contribution in [0.1, 0.15) is 18.1 Å². The van der Waals surface area contributed by atoms with Gasteiger partial charge in [0.15, 0.2) is 0 Å². The summed E-state index contributed by atoms with van der Waals surface area (Å²) in [6.07, 6.45) is 0.266. The Bertz CT molecular complexity index is 438. The van der Waals surface area contributed by atoms with Gasteiger partial charge in [-0.15, -0.1) is 0 Å². The molecule has 0 saturated carbocycles. The van der Waals surface area contributed by atoms with Crippen molar-refractivity contribution in [1.82, 2.24) is 0 Å². The molecule has 0 amide bonds. The van der Waals surface area contributed by atoms with Gasteiger partial charge < -0.3 is 15.2 Å². The summed E-state index contributed by atoms with van der Waals surface area (Å²) in [6.45, 7) is 0.353. The number of hydrogen-bond donors (Lipinski definition) is 2. The minimum Gasteiger partial charge on any atom is -0.389 e. The second-order valence-electron chi connectivity index (χ2n) is 4.23. The smallest absolute Gasteiger partial charge is 0.0975 e. The lowest BCUT2D eigenvalue weighted by Crippen LogP contribution is -2.46. The first-order valence-corrected chi connectivity index (χ1v) is 5.96. The van der Waals surface area contributed by atoms with Crippen LogP contribution in [0.25, 0.3) is 0 Å². The van der Waals surface area contributed by atoms with Gasteiger partial charge in [-0.2, -0.15) is 0 Å². The van der Waals surface area contributed by atoms with Gasteiger partial charge in [0.1, 0.15) is 0 Å². The maximum Gasteiger partial charge on any atom is 0.0975 e. The lowest BCUT2D eigenvalue weighted by Gasteiger charge is -2.40. The quantitative estimate of drug-likeness (QED) is 0.753. The summed E-state index contributed by atoms with van der Waals surface area (Å²) >= 11 is 12.1. The molecular weight excluding hydrogens is 249 g/mol. The Labute approximate surface area is 103 Å². The summed E-state index contributed by atoms with van der Waals surface area (Å²) in [7, 11) is 0. The van der Waals surface area contributed by atoms with E-state index < -0.39 is 6.10 Å². The van der Waals surface area contributed by atoms with Crippen LogP contribution in [0.4, 0.5) is 5.69 Å². The molecule has 1 aromatic carbocycles. The third-order valence-electron chi connectivity index (χ3n) is 3.16. The second-order valence-corrected chi connectivity index (χ2v) is 5.07. The standard InChI is InChI=1S/C11H11Cl2NO2/c12-5-1-6-10-3-8(9(15)4-16-10)14-11(6)7(13)2-5/h1-2,8-10,14-15H,3-4H2/t8-,9+,10-/m1/s1. The van der Waals surface area contributed by atoms with Gasteiger partial charge >= 0.3 is 0 Å². The summed E-state index contributed by atoms with van der Waals surface area (Å²) in [5.74, 6) is 0. The number of aliphatic hydroxyl groups excluding tert-OH is 1. The Kier molecular flexibility index (Phi) is 2.51. The predicted octanol–water partition coefficient (Wildman–Crippen LogP) is 2.61. The Morgan fingerprint density at radius 1 is 1.38 bits per heavy atom. The van der Waals surface area contributed by atoms with Crippen molar-refractivity contribution < 1.29 is 9.84 Å². The van der Waals surface area contributed by atoms with Gasteiger partial charge in [0.25, 0.3) is 0 Å². The molecule has 5 heteroatoms.